The first-order chi connectivity index (χ1) is 7.58. The molecule has 0 saturated carbocycles. The first-order valence-electron chi connectivity index (χ1n) is 6.00. The summed E-state index contributed by atoms with van der Waals surface area (Å²) < 4.78 is 0. The molecule has 5 heteroatoms. The van der Waals surface area contributed by atoms with Crippen LogP contribution in [0.3, 0.4) is 0 Å². The molecule has 2 fully saturated rings. The van der Waals surface area contributed by atoms with Gasteiger partial charge >= 0.3 is 0 Å². The maximum Gasteiger partial charge on any atom is 0.247 e. The van der Waals surface area contributed by atoms with E-state index in [1.807, 2.05) is 0 Å². The maximum absolute atomic E-state index is 10.7. The number of nitrogens with zero attached hydrogens (tertiary/aromatic N) is 1. The minimum atomic E-state index is -1.06. The Kier molecular flexibility index (Phi) is 3.47. The molecule has 0 radical (unpaired) electrons. The first-order valence-corrected chi connectivity index (χ1v) is 6.00. The summed E-state index contributed by atoms with van der Waals surface area (Å²) in [5.74, 6) is -0.650. The van der Waals surface area contributed by atoms with E-state index in [4.69, 9.17) is 5.73 Å². The molecule has 0 aromatic carbocycles. The van der Waals surface area contributed by atoms with Crippen LogP contribution in [0.2, 0.25) is 0 Å². The SMILES string of the molecule is CN1C2CCC1CC(NCC(O)C(N)=O)C2. The highest BCUT2D eigenvalue weighted by Gasteiger charge is 2.38. The van der Waals surface area contributed by atoms with Gasteiger partial charge in [-0.1, -0.05) is 0 Å². The van der Waals surface area contributed by atoms with Crippen LogP contribution in [-0.2, 0) is 4.79 Å². The van der Waals surface area contributed by atoms with Gasteiger partial charge in [0.2, 0.25) is 5.91 Å². The molecule has 0 aromatic rings. The Labute approximate surface area is 96.0 Å². The van der Waals surface area contributed by atoms with E-state index in [0.717, 1.165) is 12.8 Å². The molecule has 92 valence electrons. The van der Waals surface area contributed by atoms with Crippen molar-refractivity contribution < 1.29 is 9.90 Å². The van der Waals surface area contributed by atoms with Crippen LogP contribution in [-0.4, -0.2) is 53.7 Å². The third kappa shape index (κ3) is 2.36. The normalized spacial score (nSPS) is 36.2. The van der Waals surface area contributed by atoms with Gasteiger partial charge in [-0.05, 0) is 32.7 Å². The van der Waals surface area contributed by atoms with Crippen LogP contribution < -0.4 is 11.1 Å². The lowest BCUT2D eigenvalue weighted by molar-refractivity contribution is -0.125. The predicted molar refractivity (Wildman–Crippen MR) is 60.8 cm³/mol. The molecular weight excluding hydrogens is 206 g/mol. The fourth-order valence-corrected chi connectivity index (χ4v) is 2.96. The molecule has 0 spiro atoms. The molecule has 3 atom stereocenters. The van der Waals surface area contributed by atoms with Crippen LogP contribution in [0.5, 0.6) is 0 Å². The Bertz CT molecular complexity index is 258. The summed E-state index contributed by atoms with van der Waals surface area (Å²) in [4.78, 5) is 13.2. The minimum absolute atomic E-state index is 0.281. The van der Waals surface area contributed by atoms with E-state index in [9.17, 15) is 9.90 Å². The molecule has 5 nitrogen and oxygen atoms in total. The van der Waals surface area contributed by atoms with E-state index >= 15 is 0 Å². The largest absolute Gasteiger partial charge is 0.382 e. The number of piperidine rings is 1. The molecule has 2 bridgehead atoms. The van der Waals surface area contributed by atoms with Crippen molar-refractivity contribution in [3.8, 4) is 0 Å². The quantitative estimate of drug-likeness (QED) is 0.578. The summed E-state index contributed by atoms with van der Waals surface area (Å²) >= 11 is 0. The van der Waals surface area contributed by atoms with Crippen molar-refractivity contribution in [3.63, 3.8) is 0 Å². The van der Waals surface area contributed by atoms with Gasteiger partial charge in [0.1, 0.15) is 6.10 Å². The van der Waals surface area contributed by atoms with Gasteiger partial charge in [0.15, 0.2) is 0 Å². The number of rotatable bonds is 4. The number of carbonyl (C=O) groups excluding carboxylic acids is 1. The van der Waals surface area contributed by atoms with Gasteiger partial charge in [-0.15, -0.1) is 0 Å². The van der Waals surface area contributed by atoms with E-state index in [0.29, 0.717) is 18.1 Å². The van der Waals surface area contributed by atoms with E-state index in [1.165, 1.54) is 12.8 Å². The Morgan fingerprint density at radius 1 is 1.50 bits per heavy atom. The number of carbonyl (C=O) groups is 1. The van der Waals surface area contributed by atoms with Gasteiger partial charge in [-0.3, -0.25) is 4.79 Å². The smallest absolute Gasteiger partial charge is 0.247 e. The molecule has 2 aliphatic rings. The van der Waals surface area contributed by atoms with Crippen molar-refractivity contribution in [1.82, 2.24) is 10.2 Å². The molecular formula is C11H21N3O2. The van der Waals surface area contributed by atoms with Crippen molar-refractivity contribution in [2.24, 2.45) is 5.73 Å². The van der Waals surface area contributed by atoms with Crippen LogP contribution in [0.1, 0.15) is 25.7 Å². The van der Waals surface area contributed by atoms with Crippen molar-refractivity contribution in [2.75, 3.05) is 13.6 Å². The number of nitrogens with two attached hydrogens (primary N) is 1. The predicted octanol–water partition coefficient (Wildman–Crippen LogP) is -0.953. The first kappa shape index (κ1) is 11.8. The Balaban J connectivity index is 1.78. The fourth-order valence-electron chi connectivity index (χ4n) is 2.96. The van der Waals surface area contributed by atoms with Gasteiger partial charge < -0.3 is 21.1 Å². The van der Waals surface area contributed by atoms with Crippen LogP contribution in [0.25, 0.3) is 0 Å². The zero-order valence-electron chi connectivity index (χ0n) is 9.72. The highest BCUT2D eigenvalue weighted by Crippen LogP contribution is 2.34. The number of aliphatic hydroxyl groups is 1. The van der Waals surface area contributed by atoms with E-state index in [1.54, 1.807) is 0 Å². The second-order valence-corrected chi connectivity index (χ2v) is 5.05. The molecule has 1 amide bonds. The van der Waals surface area contributed by atoms with Crippen molar-refractivity contribution >= 4 is 5.91 Å². The van der Waals surface area contributed by atoms with Crippen molar-refractivity contribution in [1.29, 1.82) is 0 Å². The minimum Gasteiger partial charge on any atom is -0.382 e. The monoisotopic (exact) mass is 227 g/mol. The molecule has 2 heterocycles. The second-order valence-electron chi connectivity index (χ2n) is 5.05. The number of primary amides is 1. The van der Waals surface area contributed by atoms with Gasteiger partial charge in [0, 0.05) is 24.7 Å². The number of nitrogens with one attached hydrogen (secondary N) is 1. The highest BCUT2D eigenvalue weighted by atomic mass is 16.3. The average molecular weight is 227 g/mol. The average Bonchev–Trinajstić information content (AvgIpc) is 2.51. The van der Waals surface area contributed by atoms with Gasteiger partial charge in [0.05, 0.1) is 0 Å². The number of aliphatic hydroxyl groups excluding tert-OH is 1. The van der Waals surface area contributed by atoms with Crippen molar-refractivity contribution in [2.45, 2.75) is 49.9 Å². The summed E-state index contributed by atoms with van der Waals surface area (Å²) in [6, 6.07) is 1.76. The number of hydrogen-bond donors (Lipinski definition) is 3. The van der Waals surface area contributed by atoms with Gasteiger partial charge in [-0.2, -0.15) is 0 Å². The fraction of sp³-hybridized carbons (Fsp3) is 0.909. The second kappa shape index (κ2) is 4.69. The molecule has 2 saturated heterocycles. The molecule has 2 rings (SSSR count). The number of hydrogen-bond acceptors (Lipinski definition) is 4. The third-order valence-electron chi connectivity index (χ3n) is 4.03. The lowest BCUT2D eigenvalue weighted by atomic mass is 9.98. The van der Waals surface area contributed by atoms with E-state index < -0.39 is 12.0 Å². The van der Waals surface area contributed by atoms with E-state index in [-0.39, 0.29) is 6.54 Å². The molecule has 3 unspecified atom stereocenters. The summed E-state index contributed by atoms with van der Waals surface area (Å²) in [5, 5.41) is 12.6. The van der Waals surface area contributed by atoms with Crippen LogP contribution in [0.15, 0.2) is 0 Å². The molecule has 4 N–H and O–H groups in total. The Morgan fingerprint density at radius 2 is 2.06 bits per heavy atom. The van der Waals surface area contributed by atoms with Crippen LogP contribution in [0, 0.1) is 0 Å². The Hall–Kier alpha value is -0.650. The summed E-state index contributed by atoms with van der Waals surface area (Å²) in [7, 11) is 2.19. The lowest BCUT2D eigenvalue weighted by Crippen LogP contribution is -2.49. The Morgan fingerprint density at radius 3 is 2.56 bits per heavy atom. The summed E-state index contributed by atoms with van der Waals surface area (Å²) in [6.07, 6.45) is 3.71. The van der Waals surface area contributed by atoms with Crippen LogP contribution in [0.4, 0.5) is 0 Å². The maximum atomic E-state index is 10.7. The molecule has 0 aromatic heterocycles. The molecule has 16 heavy (non-hydrogen) atoms. The van der Waals surface area contributed by atoms with E-state index in [2.05, 4.69) is 17.3 Å². The number of fused-ring (bicyclic) bond motifs is 2. The van der Waals surface area contributed by atoms with Gasteiger partial charge in [-0.25, -0.2) is 0 Å². The third-order valence-corrected chi connectivity index (χ3v) is 4.03. The van der Waals surface area contributed by atoms with Gasteiger partial charge in [0.25, 0.3) is 0 Å². The topological polar surface area (TPSA) is 78.6 Å². The lowest BCUT2D eigenvalue weighted by Gasteiger charge is -2.36. The van der Waals surface area contributed by atoms with Crippen LogP contribution >= 0.6 is 0 Å². The zero-order chi connectivity index (χ0) is 11.7. The molecule has 0 aliphatic carbocycles. The van der Waals surface area contributed by atoms with Crippen molar-refractivity contribution in [3.05, 3.63) is 0 Å². The zero-order valence-corrected chi connectivity index (χ0v) is 9.72. The standard InChI is InChI=1S/C11H21N3O2/c1-14-8-2-3-9(14)5-7(4-8)13-6-10(15)11(12)16/h7-10,13,15H,2-6H2,1H3,(H2,12,16). The highest BCUT2D eigenvalue weighted by molar-refractivity contribution is 5.78. The summed E-state index contributed by atoms with van der Waals surface area (Å²) in [5.41, 5.74) is 5.00. The molecule has 2 aliphatic heterocycles. The number of amides is 1. The summed E-state index contributed by atoms with van der Waals surface area (Å²) in [6.45, 7) is 0.281.